The number of amides is 1. The van der Waals surface area contributed by atoms with Crippen molar-refractivity contribution in [3.8, 4) is 11.5 Å². The van der Waals surface area contributed by atoms with Gasteiger partial charge in [-0.15, -0.1) is 0 Å². The van der Waals surface area contributed by atoms with E-state index in [1.165, 1.54) is 18.2 Å². The molecule has 0 aromatic heterocycles. The van der Waals surface area contributed by atoms with Gasteiger partial charge in [-0.1, -0.05) is 13.8 Å². The van der Waals surface area contributed by atoms with Crippen LogP contribution in [0.4, 0.5) is 27.6 Å². The summed E-state index contributed by atoms with van der Waals surface area (Å²) in [6, 6.07) is 4.16. The van der Waals surface area contributed by atoms with Gasteiger partial charge < -0.3 is 9.47 Å². The zero-order chi connectivity index (χ0) is 21.7. The smallest absolute Gasteiger partial charge is 0.269 e. The topological polar surface area (TPSA) is 59.6 Å². The molecule has 0 aliphatic heterocycles. The van der Waals surface area contributed by atoms with Crippen LogP contribution in [-0.2, 0) is 0 Å². The highest BCUT2D eigenvalue weighted by Gasteiger charge is 2.26. The molecule has 0 spiro atoms. The summed E-state index contributed by atoms with van der Waals surface area (Å²) in [4.78, 5) is 12.2. The Balaban J connectivity index is 2.20. The van der Waals surface area contributed by atoms with Gasteiger partial charge in [-0.3, -0.25) is 15.6 Å². The van der Waals surface area contributed by atoms with Crippen molar-refractivity contribution in [2.45, 2.75) is 20.8 Å². The SMILES string of the molecule is CCOc1cc(C(=O)NNc2c(F)c(F)c(F)c(F)c2F)ccc1OCC(C)C. The quantitative estimate of drug-likeness (QED) is 0.285. The number of anilines is 1. The molecule has 29 heavy (non-hydrogen) atoms. The van der Waals surface area contributed by atoms with E-state index in [1.807, 2.05) is 19.3 Å². The van der Waals surface area contributed by atoms with Gasteiger partial charge in [0.1, 0.15) is 5.69 Å². The van der Waals surface area contributed by atoms with Crippen LogP contribution in [0.25, 0.3) is 0 Å². The van der Waals surface area contributed by atoms with Crippen LogP contribution < -0.4 is 20.3 Å². The Morgan fingerprint density at radius 1 is 0.931 bits per heavy atom. The molecule has 2 rings (SSSR count). The number of rotatable bonds is 8. The van der Waals surface area contributed by atoms with Crippen LogP contribution in [-0.4, -0.2) is 19.1 Å². The lowest BCUT2D eigenvalue weighted by atomic mass is 10.2. The van der Waals surface area contributed by atoms with E-state index in [1.54, 1.807) is 12.3 Å². The fourth-order valence-corrected chi connectivity index (χ4v) is 2.20. The zero-order valence-electron chi connectivity index (χ0n) is 15.8. The highest BCUT2D eigenvalue weighted by atomic mass is 19.2. The standard InChI is InChI=1S/C19H19F5N2O3/c1-4-28-12-7-10(5-6-11(12)29-8-9(2)3)19(27)26-25-18-16(23)14(21)13(20)15(22)17(18)24/h5-7,9,25H,4,8H2,1-3H3,(H,26,27). The van der Waals surface area contributed by atoms with Crippen molar-refractivity contribution in [2.75, 3.05) is 18.6 Å². The Hall–Kier alpha value is -3.04. The Morgan fingerprint density at radius 2 is 1.52 bits per heavy atom. The van der Waals surface area contributed by atoms with Crippen molar-refractivity contribution in [3.05, 3.63) is 52.8 Å². The number of carbonyl (C=O) groups excluding carboxylic acids is 1. The second-order valence-corrected chi connectivity index (χ2v) is 6.32. The largest absolute Gasteiger partial charge is 0.490 e. The lowest BCUT2D eigenvalue weighted by Crippen LogP contribution is -2.31. The van der Waals surface area contributed by atoms with Gasteiger partial charge in [-0.2, -0.15) is 0 Å². The predicted octanol–water partition coefficient (Wildman–Crippen LogP) is 4.57. The molecule has 0 atom stereocenters. The zero-order valence-corrected chi connectivity index (χ0v) is 15.8. The summed E-state index contributed by atoms with van der Waals surface area (Å²) < 4.78 is 77.8. The summed E-state index contributed by atoms with van der Waals surface area (Å²) in [5.41, 5.74) is 2.24. The molecule has 0 unspecified atom stereocenters. The normalized spacial score (nSPS) is 10.8. The molecule has 2 N–H and O–H groups in total. The van der Waals surface area contributed by atoms with Crippen LogP contribution in [0.2, 0.25) is 0 Å². The Labute approximate surface area is 163 Å². The average molecular weight is 418 g/mol. The second-order valence-electron chi connectivity index (χ2n) is 6.32. The molecule has 0 aliphatic carbocycles. The summed E-state index contributed by atoms with van der Waals surface area (Å²) in [6.07, 6.45) is 0. The number of hydrazine groups is 1. The molecule has 0 fully saturated rings. The molecule has 0 saturated heterocycles. The highest BCUT2D eigenvalue weighted by Crippen LogP contribution is 2.29. The van der Waals surface area contributed by atoms with Crippen molar-refractivity contribution in [3.63, 3.8) is 0 Å². The van der Waals surface area contributed by atoms with E-state index in [2.05, 4.69) is 0 Å². The molecule has 5 nitrogen and oxygen atoms in total. The molecule has 0 heterocycles. The van der Waals surface area contributed by atoms with Gasteiger partial charge in [0.15, 0.2) is 34.8 Å². The van der Waals surface area contributed by atoms with Gasteiger partial charge in [0.25, 0.3) is 5.91 Å². The molecular formula is C19H19F5N2O3. The van der Waals surface area contributed by atoms with Gasteiger partial charge in [0.2, 0.25) is 5.82 Å². The van der Waals surface area contributed by atoms with Crippen molar-refractivity contribution in [1.29, 1.82) is 0 Å². The molecular weight excluding hydrogens is 399 g/mol. The first kappa shape index (κ1) is 22.3. The third-order valence-electron chi connectivity index (χ3n) is 3.59. The Morgan fingerprint density at radius 3 is 2.07 bits per heavy atom. The van der Waals surface area contributed by atoms with Gasteiger partial charge in [0, 0.05) is 5.56 Å². The molecule has 158 valence electrons. The van der Waals surface area contributed by atoms with E-state index in [0.29, 0.717) is 12.4 Å². The molecule has 1 amide bonds. The maximum Gasteiger partial charge on any atom is 0.269 e. The van der Waals surface area contributed by atoms with E-state index in [-0.39, 0.29) is 23.8 Å². The summed E-state index contributed by atoms with van der Waals surface area (Å²) >= 11 is 0. The third-order valence-corrected chi connectivity index (χ3v) is 3.59. The van der Waals surface area contributed by atoms with E-state index in [4.69, 9.17) is 9.47 Å². The second kappa shape index (κ2) is 9.44. The number of nitrogens with one attached hydrogen (secondary N) is 2. The fourth-order valence-electron chi connectivity index (χ4n) is 2.20. The maximum atomic E-state index is 13.7. The maximum absolute atomic E-state index is 13.7. The molecule has 2 aromatic rings. The molecule has 0 saturated carbocycles. The first-order valence-electron chi connectivity index (χ1n) is 8.64. The summed E-state index contributed by atoms with van der Waals surface area (Å²) in [6.45, 7) is 6.32. The number of hydrogen-bond acceptors (Lipinski definition) is 4. The summed E-state index contributed by atoms with van der Waals surface area (Å²) in [5.74, 6) is -10.8. The molecule has 0 radical (unpaired) electrons. The number of halogens is 5. The molecule has 0 bridgehead atoms. The first-order valence-corrected chi connectivity index (χ1v) is 8.64. The van der Waals surface area contributed by atoms with Gasteiger partial charge >= 0.3 is 0 Å². The molecule has 2 aromatic carbocycles. The van der Waals surface area contributed by atoms with E-state index < -0.39 is 40.7 Å². The van der Waals surface area contributed by atoms with Crippen molar-refractivity contribution in [1.82, 2.24) is 5.43 Å². The Bertz CT molecular complexity index is 877. The summed E-state index contributed by atoms with van der Waals surface area (Å²) in [7, 11) is 0. The third kappa shape index (κ3) is 5.07. The number of carbonyl (C=O) groups is 1. The minimum absolute atomic E-state index is 0.00159. The van der Waals surface area contributed by atoms with Gasteiger partial charge in [-0.05, 0) is 31.0 Å². The van der Waals surface area contributed by atoms with E-state index in [9.17, 15) is 26.7 Å². The number of hydrogen-bond donors (Lipinski definition) is 2. The fraction of sp³-hybridized carbons (Fsp3) is 0.316. The Kier molecular flexibility index (Phi) is 7.24. The number of ether oxygens (including phenoxy) is 2. The van der Waals surface area contributed by atoms with Crippen LogP contribution in [0, 0.1) is 35.0 Å². The van der Waals surface area contributed by atoms with Crippen molar-refractivity contribution >= 4 is 11.6 Å². The first-order chi connectivity index (χ1) is 13.7. The predicted molar refractivity (Wildman–Crippen MR) is 95.3 cm³/mol. The number of benzene rings is 2. The van der Waals surface area contributed by atoms with Gasteiger partial charge in [0.05, 0.1) is 13.2 Å². The van der Waals surface area contributed by atoms with Crippen LogP contribution >= 0.6 is 0 Å². The highest BCUT2D eigenvalue weighted by molar-refractivity contribution is 5.95. The van der Waals surface area contributed by atoms with Crippen molar-refractivity contribution < 1.29 is 36.2 Å². The lowest BCUT2D eigenvalue weighted by molar-refractivity contribution is 0.0961. The molecule has 10 heteroatoms. The van der Waals surface area contributed by atoms with Crippen LogP contribution in [0.3, 0.4) is 0 Å². The van der Waals surface area contributed by atoms with Crippen LogP contribution in [0.5, 0.6) is 11.5 Å². The van der Waals surface area contributed by atoms with Crippen LogP contribution in [0.1, 0.15) is 31.1 Å². The van der Waals surface area contributed by atoms with E-state index >= 15 is 0 Å². The lowest BCUT2D eigenvalue weighted by Gasteiger charge is -2.15. The minimum Gasteiger partial charge on any atom is -0.490 e. The van der Waals surface area contributed by atoms with Crippen LogP contribution in [0.15, 0.2) is 18.2 Å². The van der Waals surface area contributed by atoms with Gasteiger partial charge in [-0.25, -0.2) is 22.0 Å². The molecule has 0 aliphatic rings. The summed E-state index contributed by atoms with van der Waals surface area (Å²) in [5, 5.41) is 0. The van der Waals surface area contributed by atoms with Crippen molar-refractivity contribution in [2.24, 2.45) is 5.92 Å². The minimum atomic E-state index is -2.30. The van der Waals surface area contributed by atoms with E-state index in [0.717, 1.165) is 0 Å². The average Bonchev–Trinajstić information content (AvgIpc) is 2.69. The monoisotopic (exact) mass is 418 g/mol.